The molecule has 0 aliphatic heterocycles. The molecule has 21 heavy (non-hydrogen) atoms. The number of nitriles is 1. The average molecular weight is 283 g/mol. The second-order valence-corrected chi connectivity index (χ2v) is 4.30. The summed E-state index contributed by atoms with van der Waals surface area (Å²) in [6.07, 6.45) is 0. The Kier molecular flexibility index (Phi) is 4.36. The molecule has 106 valence electrons. The maximum absolute atomic E-state index is 10.6. The van der Waals surface area contributed by atoms with Crippen LogP contribution in [0.15, 0.2) is 42.5 Å². The van der Waals surface area contributed by atoms with E-state index in [-0.39, 0.29) is 5.69 Å². The molecule has 0 heterocycles. The molecule has 0 amide bonds. The number of methoxy groups -OCH3 is 1. The number of nitrogens with zero attached hydrogens (tertiary/aromatic N) is 2. The van der Waals surface area contributed by atoms with Crippen molar-refractivity contribution in [3.63, 3.8) is 0 Å². The molecule has 2 rings (SSSR count). The third-order valence-corrected chi connectivity index (χ3v) is 2.96. The Balaban J connectivity index is 2.09. The van der Waals surface area contributed by atoms with Gasteiger partial charge >= 0.3 is 0 Å². The highest BCUT2D eigenvalue weighted by atomic mass is 16.6. The minimum Gasteiger partial charge on any atom is -0.495 e. The number of hydrogen-bond acceptors (Lipinski definition) is 5. The van der Waals surface area contributed by atoms with E-state index in [1.807, 2.05) is 6.07 Å². The Morgan fingerprint density at radius 3 is 2.57 bits per heavy atom. The zero-order chi connectivity index (χ0) is 15.2. The van der Waals surface area contributed by atoms with E-state index in [0.29, 0.717) is 17.9 Å². The standard InChI is InChI=1S/C15H13N3O3/c1-21-15-8-12(9-16)4-7-14(15)17-10-11-2-5-13(6-3-11)18(19)20/h2-8,17H,10H2,1H3. The molecular formula is C15H13N3O3. The summed E-state index contributed by atoms with van der Waals surface area (Å²) in [6, 6.07) is 13.5. The number of non-ortho nitro benzene ring substituents is 1. The van der Waals surface area contributed by atoms with Crippen LogP contribution in [0.2, 0.25) is 0 Å². The molecular weight excluding hydrogens is 270 g/mol. The van der Waals surface area contributed by atoms with Gasteiger partial charge in [0.25, 0.3) is 5.69 Å². The molecule has 0 aliphatic carbocycles. The van der Waals surface area contributed by atoms with Gasteiger partial charge in [0.2, 0.25) is 0 Å². The van der Waals surface area contributed by atoms with Crippen molar-refractivity contribution in [3.8, 4) is 11.8 Å². The van der Waals surface area contributed by atoms with Crippen LogP contribution >= 0.6 is 0 Å². The fourth-order valence-corrected chi connectivity index (χ4v) is 1.84. The van der Waals surface area contributed by atoms with Gasteiger partial charge in [-0.15, -0.1) is 0 Å². The van der Waals surface area contributed by atoms with Crippen molar-refractivity contribution in [2.24, 2.45) is 0 Å². The van der Waals surface area contributed by atoms with Crippen molar-refractivity contribution in [2.45, 2.75) is 6.54 Å². The molecule has 0 aromatic heterocycles. The molecule has 2 aromatic rings. The average Bonchev–Trinajstić information content (AvgIpc) is 2.53. The summed E-state index contributed by atoms with van der Waals surface area (Å²) in [4.78, 5) is 10.2. The monoisotopic (exact) mass is 283 g/mol. The first-order valence-electron chi connectivity index (χ1n) is 6.19. The number of anilines is 1. The molecule has 0 unspecified atom stereocenters. The number of nitrogens with one attached hydrogen (secondary N) is 1. The molecule has 0 saturated carbocycles. The quantitative estimate of drug-likeness (QED) is 0.673. The first-order valence-corrected chi connectivity index (χ1v) is 6.19. The minimum absolute atomic E-state index is 0.0645. The molecule has 2 aromatic carbocycles. The van der Waals surface area contributed by atoms with Crippen molar-refractivity contribution in [1.29, 1.82) is 5.26 Å². The SMILES string of the molecule is COc1cc(C#N)ccc1NCc1ccc([N+](=O)[O-])cc1. The van der Waals surface area contributed by atoms with Gasteiger partial charge < -0.3 is 10.1 Å². The Hall–Kier alpha value is -3.07. The van der Waals surface area contributed by atoms with Crippen LogP contribution in [0.25, 0.3) is 0 Å². The van der Waals surface area contributed by atoms with Crippen LogP contribution in [0.4, 0.5) is 11.4 Å². The zero-order valence-electron chi connectivity index (χ0n) is 11.4. The number of nitro groups is 1. The van der Waals surface area contributed by atoms with E-state index in [2.05, 4.69) is 5.32 Å². The van der Waals surface area contributed by atoms with Crippen LogP contribution < -0.4 is 10.1 Å². The van der Waals surface area contributed by atoms with Gasteiger partial charge in [-0.05, 0) is 17.7 Å². The van der Waals surface area contributed by atoms with E-state index in [4.69, 9.17) is 10.00 Å². The molecule has 0 saturated heterocycles. The Labute approximate surface area is 121 Å². The van der Waals surface area contributed by atoms with Gasteiger partial charge in [-0.2, -0.15) is 5.26 Å². The summed E-state index contributed by atoms with van der Waals surface area (Å²) in [5.74, 6) is 0.580. The zero-order valence-corrected chi connectivity index (χ0v) is 11.4. The van der Waals surface area contributed by atoms with E-state index in [9.17, 15) is 10.1 Å². The molecule has 6 nitrogen and oxygen atoms in total. The van der Waals surface area contributed by atoms with Gasteiger partial charge in [0.05, 0.1) is 29.4 Å². The summed E-state index contributed by atoms with van der Waals surface area (Å²) in [5.41, 5.74) is 2.25. The van der Waals surface area contributed by atoms with Crippen LogP contribution in [-0.4, -0.2) is 12.0 Å². The van der Waals surface area contributed by atoms with Crippen molar-refractivity contribution < 1.29 is 9.66 Å². The maximum atomic E-state index is 10.6. The van der Waals surface area contributed by atoms with Crippen LogP contribution in [0, 0.1) is 21.4 Å². The highest BCUT2D eigenvalue weighted by Crippen LogP contribution is 2.26. The fourth-order valence-electron chi connectivity index (χ4n) is 1.84. The largest absolute Gasteiger partial charge is 0.495 e. The van der Waals surface area contributed by atoms with Crippen molar-refractivity contribution in [2.75, 3.05) is 12.4 Å². The second kappa shape index (κ2) is 6.39. The minimum atomic E-state index is -0.430. The van der Waals surface area contributed by atoms with E-state index in [0.717, 1.165) is 11.3 Å². The maximum Gasteiger partial charge on any atom is 0.269 e. The third kappa shape index (κ3) is 3.48. The van der Waals surface area contributed by atoms with E-state index in [1.54, 1.807) is 30.3 Å². The topological polar surface area (TPSA) is 88.2 Å². The normalized spacial score (nSPS) is 9.71. The summed E-state index contributed by atoms with van der Waals surface area (Å²) in [6.45, 7) is 0.500. The molecule has 6 heteroatoms. The first kappa shape index (κ1) is 14.3. The number of rotatable bonds is 5. The number of ether oxygens (including phenoxy) is 1. The summed E-state index contributed by atoms with van der Waals surface area (Å²) >= 11 is 0. The number of benzene rings is 2. The third-order valence-electron chi connectivity index (χ3n) is 2.96. The van der Waals surface area contributed by atoms with Gasteiger partial charge in [0.15, 0.2) is 0 Å². The van der Waals surface area contributed by atoms with Crippen molar-refractivity contribution in [3.05, 3.63) is 63.7 Å². The smallest absolute Gasteiger partial charge is 0.269 e. The van der Waals surface area contributed by atoms with Crippen molar-refractivity contribution >= 4 is 11.4 Å². The molecule has 0 radical (unpaired) electrons. The fraction of sp³-hybridized carbons (Fsp3) is 0.133. The molecule has 0 bridgehead atoms. The van der Waals surface area contributed by atoms with Crippen molar-refractivity contribution in [1.82, 2.24) is 0 Å². The predicted octanol–water partition coefficient (Wildman–Crippen LogP) is 3.09. The highest BCUT2D eigenvalue weighted by molar-refractivity contribution is 5.59. The van der Waals surface area contributed by atoms with Gasteiger partial charge in [-0.3, -0.25) is 10.1 Å². The Bertz CT molecular complexity index is 690. The van der Waals surface area contributed by atoms with Gasteiger partial charge in [-0.25, -0.2) is 0 Å². The first-order chi connectivity index (χ1) is 10.1. The summed E-state index contributed by atoms with van der Waals surface area (Å²) in [5, 5.41) is 22.6. The van der Waals surface area contributed by atoms with Crippen LogP contribution in [-0.2, 0) is 6.54 Å². The molecule has 0 aliphatic rings. The number of hydrogen-bond donors (Lipinski definition) is 1. The van der Waals surface area contributed by atoms with E-state index >= 15 is 0 Å². The summed E-state index contributed by atoms with van der Waals surface area (Å²) in [7, 11) is 1.54. The number of nitro benzene ring substituents is 1. The van der Waals surface area contributed by atoms with Gasteiger partial charge in [0, 0.05) is 24.7 Å². The highest BCUT2D eigenvalue weighted by Gasteiger charge is 2.06. The van der Waals surface area contributed by atoms with Crippen LogP contribution in [0.3, 0.4) is 0 Å². The molecule has 1 N–H and O–H groups in total. The Morgan fingerprint density at radius 2 is 2.00 bits per heavy atom. The molecule has 0 spiro atoms. The van der Waals surface area contributed by atoms with E-state index < -0.39 is 4.92 Å². The van der Waals surface area contributed by atoms with Gasteiger partial charge in [-0.1, -0.05) is 12.1 Å². The van der Waals surface area contributed by atoms with Gasteiger partial charge in [0.1, 0.15) is 5.75 Å². The van der Waals surface area contributed by atoms with Crippen LogP contribution in [0.1, 0.15) is 11.1 Å². The lowest BCUT2D eigenvalue weighted by Crippen LogP contribution is -2.01. The molecule has 0 atom stereocenters. The Morgan fingerprint density at radius 1 is 1.29 bits per heavy atom. The van der Waals surface area contributed by atoms with E-state index in [1.165, 1.54) is 19.2 Å². The summed E-state index contributed by atoms with van der Waals surface area (Å²) < 4.78 is 5.22. The molecule has 0 fully saturated rings. The van der Waals surface area contributed by atoms with Crippen LogP contribution in [0.5, 0.6) is 5.75 Å². The lowest BCUT2D eigenvalue weighted by Gasteiger charge is -2.11. The second-order valence-electron chi connectivity index (χ2n) is 4.30. The lowest BCUT2D eigenvalue weighted by atomic mass is 10.1. The lowest BCUT2D eigenvalue weighted by molar-refractivity contribution is -0.384. The predicted molar refractivity (Wildman–Crippen MR) is 78.1 cm³/mol.